The molecule has 41 heavy (non-hydrogen) atoms. The van der Waals surface area contributed by atoms with Crippen molar-refractivity contribution in [3.05, 3.63) is 95.1 Å². The summed E-state index contributed by atoms with van der Waals surface area (Å²) in [6.45, 7) is 8.89. The summed E-state index contributed by atoms with van der Waals surface area (Å²) in [5, 5.41) is 3.03. The first kappa shape index (κ1) is 31.7. The third kappa shape index (κ3) is 8.82. The van der Waals surface area contributed by atoms with Gasteiger partial charge in [0.2, 0.25) is 21.8 Å². The number of nitrogens with zero attached hydrogens (tertiary/aromatic N) is 2. The van der Waals surface area contributed by atoms with E-state index in [1.54, 1.807) is 19.2 Å². The molecule has 3 aromatic rings. The molecule has 1 atom stereocenters. The highest BCUT2D eigenvalue weighted by Gasteiger charge is 2.34. The van der Waals surface area contributed by atoms with Gasteiger partial charge in [0.25, 0.3) is 0 Å². The summed E-state index contributed by atoms with van der Waals surface area (Å²) < 4.78 is 32.7. The summed E-state index contributed by atoms with van der Waals surface area (Å²) in [6, 6.07) is 21.3. The fraction of sp³-hybridized carbons (Fsp3) is 0.375. The number of nitrogens with one attached hydrogen (secondary N) is 1. The Hall–Kier alpha value is -3.85. The molecule has 0 fully saturated rings. The Bertz CT molecular complexity index is 1450. The van der Waals surface area contributed by atoms with E-state index in [1.165, 1.54) is 4.90 Å². The molecule has 8 nitrogen and oxygen atoms in total. The van der Waals surface area contributed by atoms with Crippen LogP contribution in [0, 0.1) is 13.8 Å². The standard InChI is InChI=1S/C32H41N3O5S/c1-23-13-11-14-24(2)30(23)35(41(7,38)39)22-29(36)34(21-26-17-12-18-27(19-26)40-6)28(31(37)33-32(3,4)5)20-25-15-9-8-10-16-25/h8-19,28H,20-22H2,1-7H3,(H,33,37). The van der Waals surface area contributed by atoms with Gasteiger partial charge in [0.05, 0.1) is 19.1 Å². The largest absolute Gasteiger partial charge is 0.497 e. The van der Waals surface area contributed by atoms with Gasteiger partial charge in [0, 0.05) is 18.5 Å². The van der Waals surface area contributed by atoms with Crippen molar-refractivity contribution in [2.45, 2.75) is 59.2 Å². The second-order valence-electron chi connectivity index (χ2n) is 11.3. The fourth-order valence-corrected chi connectivity index (χ4v) is 5.71. The number of aryl methyl sites for hydroxylation is 2. The van der Waals surface area contributed by atoms with Crippen LogP contribution < -0.4 is 14.4 Å². The van der Waals surface area contributed by atoms with Crippen LogP contribution in [0.3, 0.4) is 0 Å². The Labute approximate surface area is 244 Å². The van der Waals surface area contributed by atoms with Gasteiger partial charge in [-0.05, 0) is 69.0 Å². The normalized spacial score (nSPS) is 12.4. The van der Waals surface area contributed by atoms with Gasteiger partial charge < -0.3 is 15.0 Å². The molecule has 3 aromatic carbocycles. The first-order valence-electron chi connectivity index (χ1n) is 13.5. The summed E-state index contributed by atoms with van der Waals surface area (Å²) in [6.07, 6.45) is 1.34. The highest BCUT2D eigenvalue weighted by atomic mass is 32.2. The summed E-state index contributed by atoms with van der Waals surface area (Å²) in [7, 11) is -2.28. The van der Waals surface area contributed by atoms with Crippen molar-refractivity contribution in [2.75, 3.05) is 24.2 Å². The van der Waals surface area contributed by atoms with Crippen LogP contribution in [-0.4, -0.2) is 56.6 Å². The van der Waals surface area contributed by atoms with Crippen molar-refractivity contribution in [1.29, 1.82) is 0 Å². The Kier molecular flexibility index (Phi) is 10.2. The van der Waals surface area contributed by atoms with Gasteiger partial charge in [-0.3, -0.25) is 13.9 Å². The van der Waals surface area contributed by atoms with Crippen molar-refractivity contribution in [3.63, 3.8) is 0 Å². The van der Waals surface area contributed by atoms with Crippen LogP contribution in [0.2, 0.25) is 0 Å². The summed E-state index contributed by atoms with van der Waals surface area (Å²) in [5.41, 5.74) is 3.00. The highest BCUT2D eigenvalue weighted by Crippen LogP contribution is 2.27. The van der Waals surface area contributed by atoms with Crippen molar-refractivity contribution in [3.8, 4) is 5.75 Å². The number of ether oxygens (including phenoxy) is 1. The molecule has 9 heteroatoms. The third-order valence-electron chi connectivity index (χ3n) is 6.62. The molecule has 0 aromatic heterocycles. The number of carbonyl (C=O) groups excluding carboxylic acids is 2. The number of benzene rings is 3. The molecular weight excluding hydrogens is 538 g/mol. The summed E-state index contributed by atoms with van der Waals surface area (Å²) in [5.74, 6) is -0.205. The van der Waals surface area contributed by atoms with Crippen molar-refractivity contribution < 1.29 is 22.7 Å². The molecular formula is C32H41N3O5S. The number of sulfonamides is 1. The molecule has 0 aliphatic rings. The molecule has 0 aliphatic heterocycles. The number of para-hydroxylation sites is 1. The van der Waals surface area contributed by atoms with Gasteiger partial charge in [-0.1, -0.05) is 60.7 Å². The van der Waals surface area contributed by atoms with E-state index in [0.717, 1.165) is 32.8 Å². The third-order valence-corrected chi connectivity index (χ3v) is 7.74. The average molecular weight is 580 g/mol. The van der Waals surface area contributed by atoms with Crippen LogP contribution in [-0.2, 0) is 32.6 Å². The quantitative estimate of drug-likeness (QED) is 0.357. The van der Waals surface area contributed by atoms with E-state index in [-0.39, 0.29) is 18.9 Å². The lowest BCUT2D eigenvalue weighted by molar-refractivity contribution is -0.140. The van der Waals surface area contributed by atoms with Gasteiger partial charge in [-0.15, -0.1) is 0 Å². The Morgan fingerprint density at radius 3 is 2.05 bits per heavy atom. The Balaban J connectivity index is 2.12. The zero-order valence-corrected chi connectivity index (χ0v) is 25.8. The van der Waals surface area contributed by atoms with E-state index in [1.807, 2.05) is 95.3 Å². The minimum Gasteiger partial charge on any atom is -0.497 e. The van der Waals surface area contributed by atoms with Gasteiger partial charge in [-0.25, -0.2) is 8.42 Å². The maximum atomic E-state index is 14.3. The minimum atomic E-state index is -3.84. The van der Waals surface area contributed by atoms with E-state index in [4.69, 9.17) is 4.74 Å². The number of amides is 2. The van der Waals surface area contributed by atoms with Crippen LogP contribution in [0.15, 0.2) is 72.8 Å². The van der Waals surface area contributed by atoms with Gasteiger partial charge >= 0.3 is 0 Å². The maximum absolute atomic E-state index is 14.3. The number of methoxy groups -OCH3 is 1. The van der Waals surface area contributed by atoms with E-state index in [0.29, 0.717) is 11.4 Å². The SMILES string of the molecule is COc1cccc(CN(C(=O)CN(c2c(C)cccc2C)S(C)(=O)=O)C(Cc2ccccc2)C(=O)NC(C)(C)C)c1. The predicted molar refractivity (Wildman–Crippen MR) is 163 cm³/mol. The van der Waals surface area contributed by atoms with E-state index >= 15 is 0 Å². The molecule has 0 spiro atoms. The first-order chi connectivity index (χ1) is 19.2. The lowest BCUT2D eigenvalue weighted by Crippen LogP contribution is -2.56. The second kappa shape index (κ2) is 13.2. The fourth-order valence-electron chi connectivity index (χ4n) is 4.75. The second-order valence-corrected chi connectivity index (χ2v) is 13.2. The molecule has 220 valence electrons. The smallest absolute Gasteiger partial charge is 0.244 e. The summed E-state index contributed by atoms with van der Waals surface area (Å²) >= 11 is 0. The molecule has 0 aliphatic carbocycles. The molecule has 0 bridgehead atoms. The Morgan fingerprint density at radius 2 is 1.49 bits per heavy atom. The number of carbonyl (C=O) groups is 2. The highest BCUT2D eigenvalue weighted by molar-refractivity contribution is 7.92. The van der Waals surface area contributed by atoms with Crippen molar-refractivity contribution in [1.82, 2.24) is 10.2 Å². The van der Waals surface area contributed by atoms with Gasteiger partial charge in [-0.2, -0.15) is 0 Å². The van der Waals surface area contributed by atoms with Gasteiger partial charge in [0.1, 0.15) is 18.3 Å². The number of rotatable bonds is 11. The molecule has 0 saturated carbocycles. The van der Waals surface area contributed by atoms with Crippen LogP contribution >= 0.6 is 0 Å². The zero-order chi connectivity index (χ0) is 30.4. The molecule has 1 N–H and O–H groups in total. The number of hydrogen-bond acceptors (Lipinski definition) is 5. The van der Waals surface area contributed by atoms with E-state index in [9.17, 15) is 18.0 Å². The lowest BCUT2D eigenvalue weighted by atomic mass is 10.0. The number of hydrogen-bond donors (Lipinski definition) is 1. The molecule has 2 amide bonds. The number of anilines is 1. The van der Waals surface area contributed by atoms with Crippen LogP contribution in [0.1, 0.15) is 43.0 Å². The van der Waals surface area contributed by atoms with E-state index in [2.05, 4.69) is 5.32 Å². The maximum Gasteiger partial charge on any atom is 0.244 e. The van der Waals surface area contributed by atoms with Crippen LogP contribution in [0.4, 0.5) is 5.69 Å². The average Bonchev–Trinajstić information content (AvgIpc) is 2.89. The Morgan fingerprint density at radius 1 is 0.902 bits per heavy atom. The summed E-state index contributed by atoms with van der Waals surface area (Å²) in [4.78, 5) is 29.6. The monoisotopic (exact) mass is 579 g/mol. The van der Waals surface area contributed by atoms with Crippen LogP contribution in [0.5, 0.6) is 5.75 Å². The van der Waals surface area contributed by atoms with Gasteiger partial charge in [0.15, 0.2) is 0 Å². The van der Waals surface area contributed by atoms with Crippen LogP contribution in [0.25, 0.3) is 0 Å². The molecule has 0 radical (unpaired) electrons. The minimum absolute atomic E-state index is 0.0788. The van der Waals surface area contributed by atoms with Crippen molar-refractivity contribution in [2.24, 2.45) is 0 Å². The molecule has 0 saturated heterocycles. The predicted octanol–water partition coefficient (Wildman–Crippen LogP) is 4.63. The van der Waals surface area contributed by atoms with Crippen molar-refractivity contribution >= 4 is 27.5 Å². The first-order valence-corrected chi connectivity index (χ1v) is 15.4. The molecule has 1 unspecified atom stereocenters. The zero-order valence-electron chi connectivity index (χ0n) is 25.0. The lowest BCUT2D eigenvalue weighted by Gasteiger charge is -2.35. The molecule has 0 heterocycles. The topological polar surface area (TPSA) is 96.0 Å². The molecule has 3 rings (SSSR count). The van der Waals surface area contributed by atoms with E-state index < -0.39 is 34.1 Å².